The van der Waals surface area contributed by atoms with Gasteiger partial charge < -0.3 is 10.1 Å². The van der Waals surface area contributed by atoms with Gasteiger partial charge in [-0.2, -0.15) is 0 Å². The summed E-state index contributed by atoms with van der Waals surface area (Å²) in [5.41, 5.74) is 1.79. The molecule has 1 N–H and O–H groups in total. The van der Waals surface area contributed by atoms with Crippen LogP contribution in [0, 0.1) is 0 Å². The van der Waals surface area contributed by atoms with E-state index in [9.17, 15) is 9.59 Å². The molecule has 0 radical (unpaired) electrons. The van der Waals surface area contributed by atoms with Gasteiger partial charge in [0.15, 0.2) is 0 Å². The first-order valence-corrected chi connectivity index (χ1v) is 8.56. The number of amides is 2. The van der Waals surface area contributed by atoms with E-state index in [-0.39, 0.29) is 18.2 Å². The molecule has 1 aliphatic rings. The Hall–Kier alpha value is -2.66. The fraction of sp³-hybridized carbons (Fsp3) is 0.300. The molecule has 2 amide bonds. The summed E-state index contributed by atoms with van der Waals surface area (Å²) in [6.45, 7) is 3.15. The highest BCUT2D eigenvalue weighted by molar-refractivity contribution is 6.22. The molecule has 5 nitrogen and oxygen atoms in total. The number of anilines is 1. The maximum Gasteiger partial charge on any atom is 0.251 e. The minimum atomic E-state index is -0.456. The third kappa shape index (κ3) is 4.06. The quantitative estimate of drug-likeness (QED) is 0.788. The van der Waals surface area contributed by atoms with E-state index < -0.39 is 6.04 Å². The van der Waals surface area contributed by atoms with Gasteiger partial charge in [0.2, 0.25) is 5.91 Å². The number of hydrogen-bond donors (Lipinski definition) is 1. The fourth-order valence-corrected chi connectivity index (χ4v) is 2.96. The van der Waals surface area contributed by atoms with E-state index in [0.717, 1.165) is 12.2 Å². The number of benzene rings is 2. The highest BCUT2D eigenvalue weighted by Gasteiger charge is 2.39. The Morgan fingerprint density at radius 2 is 1.80 bits per heavy atom. The molecule has 1 atom stereocenters. The van der Waals surface area contributed by atoms with E-state index in [1.54, 1.807) is 24.3 Å². The van der Waals surface area contributed by atoms with Crippen molar-refractivity contribution in [2.24, 2.45) is 0 Å². The number of imide groups is 1. The standard InChI is InChI=1S/C20H22N2O3/c1-2-25-17-10-8-16(9-11-17)22-19(23)14-18(20(22)24)21-13-12-15-6-4-3-5-7-15/h3-11,18,21H,2,12-14H2,1H3. The van der Waals surface area contributed by atoms with Crippen LogP contribution in [0.3, 0.4) is 0 Å². The zero-order chi connectivity index (χ0) is 17.6. The van der Waals surface area contributed by atoms with Crippen molar-refractivity contribution in [2.75, 3.05) is 18.1 Å². The van der Waals surface area contributed by atoms with Crippen LogP contribution in [0.2, 0.25) is 0 Å². The second kappa shape index (κ2) is 7.94. The summed E-state index contributed by atoms with van der Waals surface area (Å²) in [4.78, 5) is 26.1. The Balaban J connectivity index is 1.59. The second-order valence-electron chi connectivity index (χ2n) is 5.94. The number of nitrogens with one attached hydrogen (secondary N) is 1. The van der Waals surface area contributed by atoms with E-state index in [1.165, 1.54) is 10.5 Å². The van der Waals surface area contributed by atoms with E-state index >= 15 is 0 Å². The van der Waals surface area contributed by atoms with Crippen molar-refractivity contribution in [2.45, 2.75) is 25.8 Å². The largest absolute Gasteiger partial charge is 0.494 e. The number of hydrogen-bond acceptors (Lipinski definition) is 4. The van der Waals surface area contributed by atoms with Crippen LogP contribution in [0.1, 0.15) is 18.9 Å². The summed E-state index contributed by atoms with van der Waals surface area (Å²) in [7, 11) is 0. The first-order valence-electron chi connectivity index (χ1n) is 8.56. The zero-order valence-electron chi connectivity index (χ0n) is 14.3. The lowest BCUT2D eigenvalue weighted by atomic mass is 10.1. The smallest absolute Gasteiger partial charge is 0.251 e. The summed E-state index contributed by atoms with van der Waals surface area (Å²) in [6, 6.07) is 16.6. The molecule has 2 aromatic rings. The van der Waals surface area contributed by atoms with Gasteiger partial charge in [0.1, 0.15) is 5.75 Å². The molecule has 0 saturated carbocycles. The maximum absolute atomic E-state index is 12.6. The topological polar surface area (TPSA) is 58.6 Å². The van der Waals surface area contributed by atoms with Gasteiger partial charge in [0.05, 0.1) is 24.8 Å². The van der Waals surface area contributed by atoms with E-state index in [1.807, 2.05) is 25.1 Å². The van der Waals surface area contributed by atoms with Crippen molar-refractivity contribution in [3.8, 4) is 5.75 Å². The Kier molecular flexibility index (Phi) is 5.46. The summed E-state index contributed by atoms with van der Waals surface area (Å²) in [5.74, 6) is 0.358. The Morgan fingerprint density at radius 1 is 1.08 bits per heavy atom. The third-order valence-corrected chi connectivity index (χ3v) is 4.20. The predicted octanol–water partition coefficient (Wildman–Crippen LogP) is 2.55. The van der Waals surface area contributed by atoms with Gasteiger partial charge in [0.25, 0.3) is 5.91 Å². The minimum absolute atomic E-state index is 0.175. The van der Waals surface area contributed by atoms with Crippen LogP contribution in [0.4, 0.5) is 5.69 Å². The lowest BCUT2D eigenvalue weighted by molar-refractivity contribution is -0.121. The lowest BCUT2D eigenvalue weighted by Crippen LogP contribution is -2.39. The zero-order valence-corrected chi connectivity index (χ0v) is 14.3. The maximum atomic E-state index is 12.6. The molecule has 1 fully saturated rings. The van der Waals surface area contributed by atoms with Gasteiger partial charge >= 0.3 is 0 Å². The van der Waals surface area contributed by atoms with Crippen LogP contribution in [0.25, 0.3) is 0 Å². The summed E-state index contributed by atoms with van der Waals surface area (Å²) >= 11 is 0. The molecule has 1 aliphatic heterocycles. The molecule has 0 bridgehead atoms. The van der Waals surface area contributed by atoms with Crippen molar-refractivity contribution in [1.82, 2.24) is 5.32 Å². The van der Waals surface area contributed by atoms with Crippen LogP contribution in [-0.4, -0.2) is 31.0 Å². The van der Waals surface area contributed by atoms with Gasteiger partial charge in [-0.25, -0.2) is 4.90 Å². The van der Waals surface area contributed by atoms with Crippen molar-refractivity contribution in [3.63, 3.8) is 0 Å². The first-order chi connectivity index (χ1) is 12.2. The molecule has 0 aromatic heterocycles. The highest BCUT2D eigenvalue weighted by atomic mass is 16.5. The van der Waals surface area contributed by atoms with Crippen molar-refractivity contribution in [1.29, 1.82) is 0 Å². The molecule has 2 aromatic carbocycles. The van der Waals surface area contributed by atoms with Crippen LogP contribution >= 0.6 is 0 Å². The third-order valence-electron chi connectivity index (χ3n) is 4.20. The Morgan fingerprint density at radius 3 is 2.48 bits per heavy atom. The SMILES string of the molecule is CCOc1ccc(N2C(=O)CC(NCCc3ccccc3)C2=O)cc1. The molecular formula is C20H22N2O3. The number of carbonyl (C=O) groups is 2. The predicted molar refractivity (Wildman–Crippen MR) is 96.7 cm³/mol. The number of ether oxygens (including phenoxy) is 1. The van der Waals surface area contributed by atoms with E-state index in [4.69, 9.17) is 4.74 Å². The molecular weight excluding hydrogens is 316 g/mol. The van der Waals surface area contributed by atoms with E-state index in [0.29, 0.717) is 18.8 Å². The highest BCUT2D eigenvalue weighted by Crippen LogP contribution is 2.25. The monoisotopic (exact) mass is 338 g/mol. The van der Waals surface area contributed by atoms with Crippen molar-refractivity contribution < 1.29 is 14.3 Å². The minimum Gasteiger partial charge on any atom is -0.494 e. The summed E-state index contributed by atoms with van der Waals surface area (Å²) in [6.07, 6.45) is 1.02. The first kappa shape index (κ1) is 17.2. The number of nitrogens with zero attached hydrogens (tertiary/aromatic N) is 1. The number of rotatable bonds is 7. The molecule has 130 valence electrons. The molecule has 1 unspecified atom stereocenters. The average Bonchev–Trinajstić information content (AvgIpc) is 2.91. The average molecular weight is 338 g/mol. The van der Waals surface area contributed by atoms with Crippen LogP contribution < -0.4 is 15.0 Å². The molecule has 1 heterocycles. The van der Waals surface area contributed by atoms with Crippen LogP contribution in [0.5, 0.6) is 5.75 Å². The summed E-state index contributed by atoms with van der Waals surface area (Å²) in [5, 5.41) is 3.20. The molecule has 0 aliphatic carbocycles. The second-order valence-corrected chi connectivity index (χ2v) is 5.94. The molecule has 1 saturated heterocycles. The summed E-state index contributed by atoms with van der Waals surface area (Å²) < 4.78 is 5.39. The Bertz CT molecular complexity index is 728. The van der Waals surface area contributed by atoms with Gasteiger partial charge in [-0.3, -0.25) is 9.59 Å². The van der Waals surface area contributed by atoms with Crippen LogP contribution in [-0.2, 0) is 16.0 Å². The molecule has 0 spiro atoms. The molecule has 25 heavy (non-hydrogen) atoms. The van der Waals surface area contributed by atoms with Crippen molar-refractivity contribution in [3.05, 3.63) is 60.2 Å². The van der Waals surface area contributed by atoms with Crippen LogP contribution in [0.15, 0.2) is 54.6 Å². The van der Waals surface area contributed by atoms with E-state index in [2.05, 4.69) is 17.4 Å². The fourth-order valence-electron chi connectivity index (χ4n) is 2.96. The molecule has 5 heteroatoms. The Labute approximate surface area is 147 Å². The van der Waals surface area contributed by atoms with Gasteiger partial charge in [-0.15, -0.1) is 0 Å². The van der Waals surface area contributed by atoms with Gasteiger partial charge in [-0.1, -0.05) is 30.3 Å². The lowest BCUT2D eigenvalue weighted by Gasteiger charge is -2.16. The van der Waals surface area contributed by atoms with Gasteiger partial charge in [0, 0.05) is 0 Å². The van der Waals surface area contributed by atoms with Crippen molar-refractivity contribution >= 4 is 17.5 Å². The van der Waals surface area contributed by atoms with Gasteiger partial charge in [-0.05, 0) is 49.7 Å². The molecule has 3 rings (SSSR count). The number of carbonyl (C=O) groups excluding carboxylic acids is 2. The normalized spacial score (nSPS) is 17.2.